The number of rotatable bonds is 11. The molecule has 5 N–H and O–H groups in total. The van der Waals surface area contributed by atoms with Crippen molar-refractivity contribution in [2.45, 2.75) is 117 Å². The first-order valence-electron chi connectivity index (χ1n) is 17.1. The van der Waals surface area contributed by atoms with E-state index in [4.69, 9.17) is 5.73 Å². The highest BCUT2D eigenvalue weighted by atomic mass is 32.2. The Morgan fingerprint density at radius 2 is 1.67 bits per heavy atom. The van der Waals surface area contributed by atoms with E-state index < -0.39 is 74.6 Å². The van der Waals surface area contributed by atoms with Crippen LogP contribution in [0.5, 0.6) is 0 Å². The predicted molar refractivity (Wildman–Crippen MR) is 184 cm³/mol. The van der Waals surface area contributed by atoms with Crippen molar-refractivity contribution in [3.8, 4) is 0 Å². The molecular weight excluding hydrogens is 669 g/mol. The molecule has 1 aromatic heterocycles. The molecule has 0 aromatic carbocycles. The summed E-state index contributed by atoms with van der Waals surface area (Å²) < 4.78 is 27.8. The van der Waals surface area contributed by atoms with Gasteiger partial charge in [-0.1, -0.05) is 74.7 Å². The SMILES string of the molecule is CC(C)(C)[C@H](NC(=O)N[C@H](CN1Cc2sccc2S1(=O)=O)C(C)(C)C)C(=O)N1C[C@H]2[C@@H]([C@H]1C(=O)NC(CC1CCC1)C(=O)C(N)=O)C2(C)C. The van der Waals surface area contributed by atoms with E-state index in [1.807, 2.05) is 55.4 Å². The third-order valence-electron chi connectivity index (χ3n) is 11.2. The lowest BCUT2D eigenvalue weighted by atomic mass is 9.80. The second-order valence-electron chi connectivity index (χ2n) is 17.1. The molecule has 1 unspecified atom stereocenters. The van der Waals surface area contributed by atoms with E-state index in [1.165, 1.54) is 20.5 Å². The lowest BCUT2D eigenvalue weighted by molar-refractivity contribution is -0.145. The number of amides is 5. The van der Waals surface area contributed by atoms with Gasteiger partial charge in [0.25, 0.3) is 5.91 Å². The zero-order chi connectivity index (χ0) is 36.4. The summed E-state index contributed by atoms with van der Waals surface area (Å²) >= 11 is 1.38. The number of ketones is 1. The number of fused-ring (bicyclic) bond motifs is 2. The van der Waals surface area contributed by atoms with Crippen molar-refractivity contribution in [2.24, 2.45) is 39.7 Å². The third-order valence-corrected chi connectivity index (χ3v) is 14.1. The Morgan fingerprint density at radius 1 is 1.02 bits per heavy atom. The van der Waals surface area contributed by atoms with Crippen LogP contribution in [0.25, 0.3) is 0 Å². The quantitative estimate of drug-likeness (QED) is 0.253. The van der Waals surface area contributed by atoms with E-state index in [0.29, 0.717) is 17.9 Å². The van der Waals surface area contributed by atoms with Crippen LogP contribution in [0.2, 0.25) is 0 Å². The van der Waals surface area contributed by atoms with Gasteiger partial charge in [0.15, 0.2) is 0 Å². The molecule has 2 aliphatic heterocycles. The number of thiophene rings is 1. The first-order valence-corrected chi connectivity index (χ1v) is 19.4. The summed E-state index contributed by atoms with van der Waals surface area (Å²) in [5, 5.41) is 10.4. The van der Waals surface area contributed by atoms with Crippen LogP contribution in [0, 0.1) is 34.0 Å². The van der Waals surface area contributed by atoms with Crippen molar-refractivity contribution in [2.75, 3.05) is 13.1 Å². The Hall–Kier alpha value is -3.04. The van der Waals surface area contributed by atoms with E-state index in [0.717, 1.165) is 24.1 Å². The van der Waals surface area contributed by atoms with E-state index in [-0.39, 0.29) is 36.3 Å². The number of urea groups is 1. The van der Waals surface area contributed by atoms with Crippen LogP contribution in [0.4, 0.5) is 4.79 Å². The zero-order valence-corrected chi connectivity index (χ0v) is 31.4. The highest BCUT2D eigenvalue weighted by molar-refractivity contribution is 7.89. The molecule has 3 heterocycles. The van der Waals surface area contributed by atoms with Gasteiger partial charge in [-0.05, 0) is 51.9 Å². The molecular formula is C34H52N6O7S2. The predicted octanol–water partition coefficient (Wildman–Crippen LogP) is 2.59. The molecule has 4 aliphatic rings. The summed E-state index contributed by atoms with van der Waals surface area (Å²) in [5.41, 5.74) is 3.83. The molecule has 1 aromatic rings. The van der Waals surface area contributed by atoms with Crippen LogP contribution >= 0.6 is 11.3 Å². The molecule has 15 heteroatoms. The number of carbonyl (C=O) groups excluding carboxylic acids is 5. The summed E-state index contributed by atoms with van der Waals surface area (Å²) in [5.74, 6) is -2.78. The van der Waals surface area contributed by atoms with Gasteiger partial charge >= 0.3 is 6.03 Å². The van der Waals surface area contributed by atoms with Crippen LogP contribution < -0.4 is 21.7 Å². The molecule has 6 atom stereocenters. The Labute approximate surface area is 293 Å². The average molecular weight is 721 g/mol. The maximum atomic E-state index is 14.4. The minimum Gasteiger partial charge on any atom is -0.363 e. The molecule has 0 spiro atoms. The van der Waals surface area contributed by atoms with Crippen LogP contribution in [0.3, 0.4) is 0 Å². The lowest BCUT2D eigenvalue weighted by Crippen LogP contribution is -2.62. The number of hydrogen-bond donors (Lipinski definition) is 4. The summed E-state index contributed by atoms with van der Waals surface area (Å²) in [7, 11) is -3.69. The van der Waals surface area contributed by atoms with Crippen molar-refractivity contribution >= 4 is 50.9 Å². The minimum absolute atomic E-state index is 0.0493. The number of nitrogens with zero attached hydrogens (tertiary/aromatic N) is 2. The number of sulfonamides is 1. The number of nitrogens with two attached hydrogens (primary N) is 1. The third kappa shape index (κ3) is 7.25. The molecule has 1 saturated heterocycles. The number of nitrogens with one attached hydrogen (secondary N) is 3. The monoisotopic (exact) mass is 720 g/mol. The largest absolute Gasteiger partial charge is 0.363 e. The molecule has 5 rings (SSSR count). The van der Waals surface area contributed by atoms with Crippen LogP contribution in [-0.4, -0.2) is 84.4 Å². The van der Waals surface area contributed by atoms with E-state index in [9.17, 15) is 32.4 Å². The fourth-order valence-corrected chi connectivity index (χ4v) is 10.6. The van der Waals surface area contributed by atoms with Crippen molar-refractivity contribution in [1.29, 1.82) is 0 Å². The van der Waals surface area contributed by atoms with E-state index in [1.54, 1.807) is 11.4 Å². The molecule has 0 bridgehead atoms. The molecule has 5 amide bonds. The molecule has 49 heavy (non-hydrogen) atoms. The number of carbonyl (C=O) groups is 5. The molecule has 2 saturated carbocycles. The number of Topliss-reactive ketones (excluding diaryl/α,β-unsaturated/α-hetero) is 1. The van der Waals surface area contributed by atoms with Gasteiger partial charge in [-0.15, -0.1) is 11.3 Å². The second-order valence-corrected chi connectivity index (χ2v) is 20.0. The summed E-state index contributed by atoms with van der Waals surface area (Å²) in [6.07, 6.45) is 3.16. The number of hydrogen-bond acceptors (Lipinski definition) is 8. The van der Waals surface area contributed by atoms with Crippen LogP contribution in [0.1, 0.15) is 86.0 Å². The number of primary amides is 1. The second kappa shape index (κ2) is 12.9. The fraction of sp³-hybridized carbons (Fsp3) is 0.735. The summed E-state index contributed by atoms with van der Waals surface area (Å²) in [6, 6.07) is -2.61. The first kappa shape index (κ1) is 37.2. The molecule has 2 aliphatic carbocycles. The molecule has 272 valence electrons. The normalized spacial score (nSPS) is 26.0. The van der Waals surface area contributed by atoms with Gasteiger partial charge in [-0.3, -0.25) is 19.2 Å². The average Bonchev–Trinajstić information content (AvgIpc) is 3.41. The minimum atomic E-state index is -3.69. The summed E-state index contributed by atoms with van der Waals surface area (Å²) in [6.45, 7) is 15.9. The first-order chi connectivity index (χ1) is 22.5. The van der Waals surface area contributed by atoms with Gasteiger partial charge in [0.05, 0.1) is 10.9 Å². The number of piperidine rings is 1. The van der Waals surface area contributed by atoms with Gasteiger partial charge in [-0.25, -0.2) is 13.2 Å². The van der Waals surface area contributed by atoms with Crippen molar-refractivity contribution in [3.05, 3.63) is 16.3 Å². The van der Waals surface area contributed by atoms with Crippen molar-refractivity contribution in [3.63, 3.8) is 0 Å². The Bertz CT molecular complexity index is 1620. The molecule has 13 nitrogen and oxygen atoms in total. The maximum Gasteiger partial charge on any atom is 0.315 e. The highest BCUT2D eigenvalue weighted by Crippen LogP contribution is 2.65. The Morgan fingerprint density at radius 3 is 2.20 bits per heavy atom. The standard InChI is InChI=1S/C34H52N6O7S2/c1-32(2,3)23(17-39-16-21-22(12-13-48-21)49(39,46)47)37-31(45)38-27(33(4,5)6)30(44)40-15-19-24(34(19,7)8)25(40)29(43)36-20(26(41)28(35)42)14-18-10-9-11-18/h12-13,18-20,23-25,27H,9-11,14-17H2,1-8H3,(H2,35,42)(H,36,43)(H2,37,38,45)/t19-,20?,23+,24-,25-,27+/m0/s1. The zero-order valence-electron chi connectivity index (χ0n) is 29.8. The van der Waals surface area contributed by atoms with E-state index in [2.05, 4.69) is 16.0 Å². The number of likely N-dealkylation sites (tertiary alicyclic amines) is 1. The summed E-state index contributed by atoms with van der Waals surface area (Å²) in [4.78, 5) is 69.2. The van der Waals surface area contributed by atoms with Gasteiger partial charge in [-0.2, -0.15) is 4.31 Å². The smallest absolute Gasteiger partial charge is 0.315 e. The van der Waals surface area contributed by atoms with Gasteiger partial charge in [0.1, 0.15) is 12.1 Å². The fourth-order valence-electron chi connectivity index (χ4n) is 7.64. The van der Waals surface area contributed by atoms with Crippen molar-refractivity contribution < 1.29 is 32.4 Å². The van der Waals surface area contributed by atoms with Gasteiger partial charge in [0, 0.05) is 30.6 Å². The van der Waals surface area contributed by atoms with Crippen LogP contribution in [0.15, 0.2) is 16.3 Å². The molecule has 0 radical (unpaired) electrons. The van der Waals surface area contributed by atoms with Gasteiger partial charge < -0.3 is 26.6 Å². The van der Waals surface area contributed by atoms with E-state index >= 15 is 0 Å². The topological polar surface area (TPSA) is 188 Å². The molecule has 3 fully saturated rings. The Balaban J connectivity index is 1.32. The van der Waals surface area contributed by atoms with Crippen LogP contribution in [-0.2, 0) is 35.7 Å². The Kier molecular flexibility index (Phi) is 9.82. The van der Waals surface area contributed by atoms with Crippen molar-refractivity contribution in [1.82, 2.24) is 25.2 Å². The highest BCUT2D eigenvalue weighted by Gasteiger charge is 2.70. The maximum absolute atomic E-state index is 14.4. The lowest BCUT2D eigenvalue weighted by Gasteiger charge is -2.39. The van der Waals surface area contributed by atoms with Gasteiger partial charge in [0.2, 0.25) is 27.6 Å².